The van der Waals surface area contributed by atoms with Crippen LogP contribution in [0.25, 0.3) is 0 Å². The Morgan fingerprint density at radius 1 is 1.00 bits per heavy atom. The number of rotatable bonds is 6. The molecule has 78 valence electrons. The minimum absolute atomic E-state index is 0.344. The molecule has 0 aromatic heterocycles. The second-order valence-corrected chi connectivity index (χ2v) is 4.57. The molecule has 0 spiro atoms. The first-order valence-corrected chi connectivity index (χ1v) is 5.33. The molecule has 0 aromatic rings. The lowest BCUT2D eigenvalue weighted by Crippen LogP contribution is -2.40. The van der Waals surface area contributed by atoms with Crippen LogP contribution >= 0.6 is 0 Å². The molecule has 0 aliphatic carbocycles. The van der Waals surface area contributed by atoms with Crippen molar-refractivity contribution >= 4 is 5.91 Å². The molecule has 0 fully saturated rings. The van der Waals surface area contributed by atoms with Crippen LogP contribution in [0, 0.1) is 0 Å². The van der Waals surface area contributed by atoms with E-state index in [1.54, 1.807) is 0 Å². The van der Waals surface area contributed by atoms with Gasteiger partial charge in [-0.3, -0.25) is 4.48 Å². The summed E-state index contributed by atoms with van der Waals surface area (Å²) in [4.78, 5) is 11.5. The molecular formula is C11H24NO+. The highest BCUT2D eigenvalue weighted by Gasteiger charge is 2.18. The second kappa shape index (κ2) is 6.14. The molecule has 0 rings (SSSR count). The third-order valence-electron chi connectivity index (χ3n) is 2.24. The van der Waals surface area contributed by atoms with E-state index in [0.29, 0.717) is 10.4 Å². The Morgan fingerprint density at radius 2 is 1.54 bits per heavy atom. The van der Waals surface area contributed by atoms with Gasteiger partial charge in [0, 0.05) is 0 Å². The molecule has 2 nitrogen and oxygen atoms in total. The van der Waals surface area contributed by atoms with E-state index in [0.717, 1.165) is 12.8 Å². The van der Waals surface area contributed by atoms with E-state index in [1.807, 2.05) is 21.1 Å². The van der Waals surface area contributed by atoms with Crippen molar-refractivity contribution in [3.8, 4) is 0 Å². The second-order valence-electron chi connectivity index (χ2n) is 4.57. The number of hydrogen-bond donors (Lipinski definition) is 0. The van der Waals surface area contributed by atoms with Crippen molar-refractivity contribution in [1.82, 2.24) is 0 Å². The highest BCUT2D eigenvalue weighted by atomic mass is 16.2. The van der Waals surface area contributed by atoms with Crippen molar-refractivity contribution in [3.05, 3.63) is 0 Å². The van der Waals surface area contributed by atoms with Crippen molar-refractivity contribution in [3.63, 3.8) is 0 Å². The van der Waals surface area contributed by atoms with Crippen molar-refractivity contribution in [2.24, 2.45) is 0 Å². The minimum atomic E-state index is 0.344. The minimum Gasteiger partial charge on any atom is -0.268 e. The highest BCUT2D eigenvalue weighted by molar-refractivity contribution is 5.68. The molecule has 0 atom stereocenters. The molecule has 0 radical (unpaired) electrons. The summed E-state index contributed by atoms with van der Waals surface area (Å²) < 4.78 is 0.466. The summed E-state index contributed by atoms with van der Waals surface area (Å²) >= 11 is 0. The fourth-order valence-electron chi connectivity index (χ4n) is 1.22. The first kappa shape index (κ1) is 12.6. The molecular weight excluding hydrogens is 162 g/mol. The van der Waals surface area contributed by atoms with Crippen LogP contribution in [0.3, 0.4) is 0 Å². The average molecular weight is 186 g/mol. The Bertz CT molecular complexity index is 147. The van der Waals surface area contributed by atoms with Crippen LogP contribution in [0.4, 0.5) is 0 Å². The molecule has 0 saturated heterocycles. The van der Waals surface area contributed by atoms with Gasteiger partial charge in [0.15, 0.2) is 0 Å². The van der Waals surface area contributed by atoms with E-state index >= 15 is 0 Å². The zero-order chi connectivity index (χ0) is 10.3. The van der Waals surface area contributed by atoms with Crippen LogP contribution < -0.4 is 0 Å². The summed E-state index contributed by atoms with van der Waals surface area (Å²) in [6.07, 6.45) is 6.86. The molecule has 0 bridgehead atoms. The summed E-state index contributed by atoms with van der Waals surface area (Å²) in [5, 5.41) is 0. The number of hydrogen-bond acceptors (Lipinski definition) is 1. The molecule has 0 heterocycles. The van der Waals surface area contributed by atoms with Gasteiger partial charge < -0.3 is 0 Å². The maximum atomic E-state index is 11.5. The van der Waals surface area contributed by atoms with Crippen LogP contribution in [-0.4, -0.2) is 31.5 Å². The Hall–Kier alpha value is -0.370. The van der Waals surface area contributed by atoms with Gasteiger partial charge in [-0.25, -0.2) is 4.79 Å². The quantitative estimate of drug-likeness (QED) is 0.460. The third kappa shape index (κ3) is 6.76. The monoisotopic (exact) mass is 186 g/mol. The van der Waals surface area contributed by atoms with Crippen LogP contribution in [0.5, 0.6) is 0 Å². The summed E-state index contributed by atoms with van der Waals surface area (Å²) in [5.74, 6) is 0.344. The maximum absolute atomic E-state index is 11.5. The predicted octanol–water partition coefficient (Wildman–Crippen LogP) is 2.58. The molecule has 1 amide bonds. The van der Waals surface area contributed by atoms with E-state index in [4.69, 9.17) is 0 Å². The van der Waals surface area contributed by atoms with Crippen LogP contribution in [-0.2, 0) is 4.79 Å². The van der Waals surface area contributed by atoms with Gasteiger partial charge in [0.2, 0.25) is 0 Å². The molecule has 0 aliphatic heterocycles. The molecule has 0 saturated carbocycles. The van der Waals surface area contributed by atoms with Crippen LogP contribution in [0.1, 0.15) is 45.4 Å². The molecule has 0 aliphatic rings. The number of amides is 1. The normalized spacial score (nSPS) is 11.7. The van der Waals surface area contributed by atoms with Crippen LogP contribution in [0.15, 0.2) is 0 Å². The van der Waals surface area contributed by atoms with E-state index in [-0.39, 0.29) is 0 Å². The maximum Gasteiger partial charge on any atom is 0.313 e. The number of nitrogens with zero attached hydrogens (tertiary/aromatic N) is 1. The van der Waals surface area contributed by atoms with E-state index in [9.17, 15) is 4.79 Å². The van der Waals surface area contributed by atoms with Gasteiger partial charge >= 0.3 is 5.91 Å². The molecule has 0 N–H and O–H groups in total. The lowest BCUT2D eigenvalue weighted by Gasteiger charge is -2.20. The first-order chi connectivity index (χ1) is 5.98. The zero-order valence-corrected chi connectivity index (χ0v) is 9.60. The van der Waals surface area contributed by atoms with Gasteiger partial charge in [-0.2, -0.15) is 0 Å². The Morgan fingerprint density at radius 3 is 2.00 bits per heavy atom. The van der Waals surface area contributed by atoms with Crippen molar-refractivity contribution in [1.29, 1.82) is 0 Å². The zero-order valence-electron chi connectivity index (χ0n) is 9.60. The SMILES string of the molecule is CCCCCCCC(=O)[N+](C)(C)C. The lowest BCUT2D eigenvalue weighted by atomic mass is 10.1. The van der Waals surface area contributed by atoms with Gasteiger partial charge in [0.25, 0.3) is 0 Å². The standard InChI is InChI=1S/C11H24NO/c1-5-6-7-8-9-10-11(13)12(2,3)4/h5-10H2,1-4H3/q+1. The number of quaternary nitrogens is 1. The smallest absolute Gasteiger partial charge is 0.268 e. The predicted molar refractivity (Wildman–Crippen MR) is 56.4 cm³/mol. The number of carbonyl (C=O) groups is 1. The van der Waals surface area contributed by atoms with Crippen molar-refractivity contribution in [2.45, 2.75) is 45.4 Å². The molecule has 0 aromatic carbocycles. The fourth-order valence-corrected chi connectivity index (χ4v) is 1.22. The molecule has 13 heavy (non-hydrogen) atoms. The van der Waals surface area contributed by atoms with E-state index in [1.165, 1.54) is 25.7 Å². The van der Waals surface area contributed by atoms with Crippen molar-refractivity contribution < 1.29 is 9.28 Å². The van der Waals surface area contributed by atoms with Gasteiger partial charge in [0.1, 0.15) is 0 Å². The largest absolute Gasteiger partial charge is 0.313 e. The topological polar surface area (TPSA) is 17.1 Å². The fraction of sp³-hybridized carbons (Fsp3) is 0.909. The van der Waals surface area contributed by atoms with E-state index in [2.05, 4.69) is 6.92 Å². The number of carbonyl (C=O) groups excluding carboxylic acids is 1. The average Bonchev–Trinajstić information content (AvgIpc) is 2.02. The summed E-state index contributed by atoms with van der Waals surface area (Å²) in [6, 6.07) is 0. The molecule has 2 heteroatoms. The van der Waals surface area contributed by atoms with Crippen LogP contribution in [0.2, 0.25) is 0 Å². The van der Waals surface area contributed by atoms with Gasteiger partial charge in [-0.15, -0.1) is 0 Å². The van der Waals surface area contributed by atoms with E-state index < -0.39 is 0 Å². The summed E-state index contributed by atoms with van der Waals surface area (Å²) in [7, 11) is 5.82. The Kier molecular flexibility index (Phi) is 5.97. The first-order valence-electron chi connectivity index (χ1n) is 5.33. The van der Waals surface area contributed by atoms with Gasteiger partial charge in [-0.05, 0) is 6.42 Å². The Labute approximate surface area is 82.5 Å². The van der Waals surface area contributed by atoms with Crippen molar-refractivity contribution in [2.75, 3.05) is 21.1 Å². The lowest BCUT2D eigenvalue weighted by molar-refractivity contribution is -0.792. The molecule has 0 unspecified atom stereocenters. The van der Waals surface area contributed by atoms with Gasteiger partial charge in [-0.1, -0.05) is 32.6 Å². The Balaban J connectivity index is 3.38. The summed E-state index contributed by atoms with van der Waals surface area (Å²) in [5.41, 5.74) is 0. The highest BCUT2D eigenvalue weighted by Crippen LogP contribution is 2.07. The number of unbranched alkanes of at least 4 members (excludes halogenated alkanes) is 4. The van der Waals surface area contributed by atoms with Gasteiger partial charge in [0.05, 0.1) is 27.6 Å². The third-order valence-corrected chi connectivity index (χ3v) is 2.24. The summed E-state index contributed by atoms with van der Waals surface area (Å²) in [6.45, 7) is 2.21.